The molecule has 120 valence electrons. The highest BCUT2D eigenvalue weighted by molar-refractivity contribution is 6.47. The largest absolute Gasteiger partial charge is 0.465 e. The summed E-state index contributed by atoms with van der Waals surface area (Å²) in [7, 11) is 1.32. The minimum absolute atomic E-state index is 0.108. The van der Waals surface area contributed by atoms with Crippen LogP contribution in [0.2, 0.25) is 0 Å². The highest BCUT2D eigenvalue weighted by Gasteiger charge is 2.24. The topological polar surface area (TPSA) is 74.2 Å². The van der Waals surface area contributed by atoms with E-state index in [1.165, 1.54) is 7.11 Å². The van der Waals surface area contributed by atoms with Gasteiger partial charge in [-0.3, -0.25) is 4.79 Å². The normalized spacial score (nSPS) is 14.9. The van der Waals surface area contributed by atoms with Crippen molar-refractivity contribution in [3.8, 4) is 11.5 Å². The SMILES string of the molecule is COC(=O)c1ccc2c(c1)CC(=O)C(c1ccc3c(c1)OCO3)=N2. The van der Waals surface area contributed by atoms with Gasteiger partial charge in [-0.15, -0.1) is 0 Å². The number of hydrogen-bond acceptors (Lipinski definition) is 6. The molecule has 6 nitrogen and oxygen atoms in total. The first-order valence-corrected chi connectivity index (χ1v) is 7.39. The van der Waals surface area contributed by atoms with E-state index in [1.807, 2.05) is 0 Å². The van der Waals surface area contributed by atoms with E-state index in [2.05, 4.69) is 4.99 Å². The molecule has 2 aliphatic rings. The average molecular weight is 323 g/mol. The van der Waals surface area contributed by atoms with Gasteiger partial charge in [0.2, 0.25) is 6.79 Å². The first kappa shape index (κ1) is 14.4. The van der Waals surface area contributed by atoms with Crippen LogP contribution in [0.25, 0.3) is 0 Å². The Morgan fingerprint density at radius 3 is 2.79 bits per heavy atom. The van der Waals surface area contributed by atoms with Gasteiger partial charge in [-0.05, 0) is 42.0 Å². The molecule has 6 heteroatoms. The summed E-state index contributed by atoms with van der Waals surface area (Å²) in [6.07, 6.45) is 0.188. The fourth-order valence-corrected chi connectivity index (χ4v) is 2.79. The number of Topliss-reactive ketones (excluding diaryl/α,β-unsaturated/α-hetero) is 1. The predicted octanol–water partition coefficient (Wildman–Crippen LogP) is 2.45. The zero-order valence-electron chi connectivity index (χ0n) is 12.9. The lowest BCUT2D eigenvalue weighted by atomic mass is 9.94. The van der Waals surface area contributed by atoms with Gasteiger partial charge in [0.25, 0.3) is 0 Å². The molecule has 24 heavy (non-hydrogen) atoms. The predicted molar refractivity (Wildman–Crippen MR) is 85.3 cm³/mol. The maximum Gasteiger partial charge on any atom is 0.337 e. The van der Waals surface area contributed by atoms with Crippen molar-refractivity contribution in [2.45, 2.75) is 6.42 Å². The molecular formula is C18H13NO5. The molecule has 0 aromatic heterocycles. The third-order valence-corrected chi connectivity index (χ3v) is 3.99. The monoisotopic (exact) mass is 323 g/mol. The number of hydrogen-bond donors (Lipinski definition) is 0. The van der Waals surface area contributed by atoms with Crippen molar-refractivity contribution in [1.29, 1.82) is 0 Å². The van der Waals surface area contributed by atoms with E-state index in [-0.39, 0.29) is 19.0 Å². The van der Waals surface area contributed by atoms with Crippen molar-refractivity contribution in [1.82, 2.24) is 0 Å². The second kappa shape index (κ2) is 5.49. The molecule has 2 heterocycles. The standard InChI is InChI=1S/C18H13NO5/c1-22-18(21)11-2-4-13-12(6-11)7-14(20)17(19-13)10-3-5-15-16(8-10)24-9-23-15/h2-6,8H,7,9H2,1H3. The Bertz CT molecular complexity index is 900. The van der Waals surface area contributed by atoms with Crippen molar-refractivity contribution in [3.05, 3.63) is 53.1 Å². The molecule has 0 radical (unpaired) electrons. The van der Waals surface area contributed by atoms with E-state index in [1.54, 1.807) is 36.4 Å². The Balaban J connectivity index is 1.74. The number of ketones is 1. The minimum atomic E-state index is -0.434. The lowest BCUT2D eigenvalue weighted by molar-refractivity contribution is -0.112. The van der Waals surface area contributed by atoms with Gasteiger partial charge in [0, 0.05) is 12.0 Å². The number of fused-ring (bicyclic) bond motifs is 2. The van der Waals surface area contributed by atoms with Crippen molar-refractivity contribution < 1.29 is 23.8 Å². The van der Waals surface area contributed by atoms with Crippen molar-refractivity contribution in [2.24, 2.45) is 4.99 Å². The molecule has 0 N–H and O–H groups in total. The van der Waals surface area contributed by atoms with Gasteiger partial charge >= 0.3 is 5.97 Å². The molecule has 4 rings (SSSR count). The maximum absolute atomic E-state index is 12.5. The number of benzene rings is 2. The van der Waals surface area contributed by atoms with Gasteiger partial charge in [-0.25, -0.2) is 9.79 Å². The van der Waals surface area contributed by atoms with Gasteiger partial charge in [-0.1, -0.05) is 0 Å². The third-order valence-electron chi connectivity index (χ3n) is 3.99. The number of aliphatic imine (C=N–C) groups is 1. The quantitative estimate of drug-likeness (QED) is 0.794. The van der Waals surface area contributed by atoms with Crippen LogP contribution in [-0.4, -0.2) is 31.4 Å². The summed E-state index contributed by atoms with van der Waals surface area (Å²) in [4.78, 5) is 28.6. The number of nitrogens with zero attached hydrogens (tertiary/aromatic N) is 1. The maximum atomic E-state index is 12.5. The smallest absolute Gasteiger partial charge is 0.337 e. The molecule has 0 saturated carbocycles. The second-order valence-corrected chi connectivity index (χ2v) is 5.46. The summed E-state index contributed by atoms with van der Waals surface area (Å²) in [6.45, 7) is 0.179. The lowest BCUT2D eigenvalue weighted by Gasteiger charge is -2.15. The molecule has 2 aromatic rings. The van der Waals surface area contributed by atoms with Crippen LogP contribution in [0.1, 0.15) is 21.5 Å². The molecule has 2 aromatic carbocycles. The van der Waals surface area contributed by atoms with Crippen LogP contribution in [0.5, 0.6) is 11.5 Å². The molecule has 0 unspecified atom stereocenters. The summed E-state index contributed by atoms with van der Waals surface area (Å²) in [5.74, 6) is 0.722. The summed E-state index contributed by atoms with van der Waals surface area (Å²) in [5, 5.41) is 0. The molecule has 0 aliphatic carbocycles. The summed E-state index contributed by atoms with van der Waals surface area (Å²) >= 11 is 0. The van der Waals surface area contributed by atoms with Crippen molar-refractivity contribution in [2.75, 3.05) is 13.9 Å². The molecule has 0 spiro atoms. The zero-order valence-corrected chi connectivity index (χ0v) is 12.9. The molecule has 0 amide bonds. The van der Waals surface area contributed by atoms with Crippen LogP contribution in [0.4, 0.5) is 5.69 Å². The summed E-state index contributed by atoms with van der Waals surface area (Å²) in [6, 6.07) is 10.3. The zero-order chi connectivity index (χ0) is 16.7. The van der Waals surface area contributed by atoms with E-state index < -0.39 is 5.97 Å². The first-order valence-electron chi connectivity index (χ1n) is 7.39. The second-order valence-electron chi connectivity index (χ2n) is 5.46. The van der Waals surface area contributed by atoms with Crippen LogP contribution in [-0.2, 0) is 16.0 Å². The lowest BCUT2D eigenvalue weighted by Crippen LogP contribution is -2.21. The van der Waals surface area contributed by atoms with E-state index >= 15 is 0 Å². The highest BCUT2D eigenvalue weighted by atomic mass is 16.7. The van der Waals surface area contributed by atoms with E-state index in [0.717, 1.165) is 0 Å². The van der Waals surface area contributed by atoms with Gasteiger partial charge in [0.05, 0.1) is 18.4 Å². The number of rotatable bonds is 2. The molecule has 0 saturated heterocycles. The Hall–Kier alpha value is -3.15. The van der Waals surface area contributed by atoms with Gasteiger partial charge in [-0.2, -0.15) is 0 Å². The Labute approximate surface area is 137 Å². The molecule has 0 bridgehead atoms. The van der Waals surface area contributed by atoms with Gasteiger partial charge in [0.15, 0.2) is 17.3 Å². The molecule has 2 aliphatic heterocycles. The fraction of sp³-hybridized carbons (Fsp3) is 0.167. The highest BCUT2D eigenvalue weighted by Crippen LogP contribution is 2.34. The Morgan fingerprint density at radius 2 is 1.96 bits per heavy atom. The Morgan fingerprint density at radius 1 is 1.12 bits per heavy atom. The number of carbonyl (C=O) groups excluding carboxylic acids is 2. The van der Waals surface area contributed by atoms with Crippen LogP contribution in [0.15, 0.2) is 41.4 Å². The fourth-order valence-electron chi connectivity index (χ4n) is 2.79. The van der Waals surface area contributed by atoms with Gasteiger partial charge in [0.1, 0.15) is 5.71 Å². The van der Waals surface area contributed by atoms with Crippen LogP contribution < -0.4 is 9.47 Å². The Kier molecular flexibility index (Phi) is 3.30. The first-order chi connectivity index (χ1) is 11.7. The molecule has 0 atom stereocenters. The number of ether oxygens (including phenoxy) is 3. The average Bonchev–Trinajstić information content (AvgIpc) is 3.07. The van der Waals surface area contributed by atoms with Crippen molar-refractivity contribution in [3.63, 3.8) is 0 Å². The molecule has 0 fully saturated rings. The van der Waals surface area contributed by atoms with E-state index in [9.17, 15) is 9.59 Å². The summed E-state index contributed by atoms with van der Waals surface area (Å²) in [5.41, 5.74) is 2.87. The van der Waals surface area contributed by atoms with Crippen LogP contribution >= 0.6 is 0 Å². The summed E-state index contributed by atoms with van der Waals surface area (Å²) < 4.78 is 15.3. The molecular weight excluding hydrogens is 310 g/mol. The third kappa shape index (κ3) is 2.32. The van der Waals surface area contributed by atoms with Gasteiger partial charge < -0.3 is 14.2 Å². The number of esters is 1. The van der Waals surface area contributed by atoms with E-state index in [0.29, 0.717) is 39.6 Å². The van der Waals surface area contributed by atoms with Crippen molar-refractivity contribution >= 4 is 23.2 Å². The van der Waals surface area contributed by atoms with Crippen LogP contribution in [0.3, 0.4) is 0 Å². The number of carbonyl (C=O) groups is 2. The van der Waals surface area contributed by atoms with Crippen LogP contribution in [0, 0.1) is 0 Å². The number of methoxy groups -OCH3 is 1. The van der Waals surface area contributed by atoms with E-state index in [4.69, 9.17) is 14.2 Å². The minimum Gasteiger partial charge on any atom is -0.465 e.